The average Bonchev–Trinajstić information content (AvgIpc) is 3.36. The van der Waals surface area contributed by atoms with E-state index in [1.165, 1.54) is 0 Å². The quantitative estimate of drug-likeness (QED) is 0.875. The molecular formula is C18H18ClNO2. The summed E-state index contributed by atoms with van der Waals surface area (Å²) in [5.74, 6) is 1.03. The highest BCUT2D eigenvalue weighted by Gasteiger charge is 2.33. The van der Waals surface area contributed by atoms with Gasteiger partial charge in [0, 0.05) is 5.02 Å². The van der Waals surface area contributed by atoms with E-state index in [-0.39, 0.29) is 18.6 Å². The molecule has 1 aliphatic carbocycles. The molecule has 22 heavy (non-hydrogen) atoms. The van der Waals surface area contributed by atoms with Crippen molar-refractivity contribution in [3.63, 3.8) is 0 Å². The summed E-state index contributed by atoms with van der Waals surface area (Å²) in [5, 5.41) is 3.68. The Balaban J connectivity index is 1.58. The molecule has 1 N–H and O–H groups in total. The Morgan fingerprint density at radius 1 is 1.18 bits per heavy atom. The van der Waals surface area contributed by atoms with Crippen LogP contribution in [0.3, 0.4) is 0 Å². The van der Waals surface area contributed by atoms with Crippen LogP contribution in [0.25, 0.3) is 0 Å². The Morgan fingerprint density at radius 2 is 1.95 bits per heavy atom. The van der Waals surface area contributed by atoms with E-state index in [4.69, 9.17) is 16.3 Å². The Morgan fingerprint density at radius 3 is 2.64 bits per heavy atom. The highest BCUT2D eigenvalue weighted by molar-refractivity contribution is 6.30. The number of amides is 1. The standard InChI is InChI=1S/C18H18ClNO2/c19-15-7-4-8-16(11-15)22-12-17(21)20-18(14-9-10-14)13-5-2-1-3-6-13/h1-8,11,14,18H,9-10,12H2,(H,20,21)/t18-/m1/s1. The van der Waals surface area contributed by atoms with E-state index < -0.39 is 0 Å². The third-order valence-corrected chi connectivity index (χ3v) is 3.97. The van der Waals surface area contributed by atoms with Crippen LogP contribution in [0.4, 0.5) is 0 Å². The third kappa shape index (κ3) is 4.01. The van der Waals surface area contributed by atoms with Crippen LogP contribution in [-0.4, -0.2) is 12.5 Å². The number of benzene rings is 2. The molecule has 1 atom stereocenters. The van der Waals surface area contributed by atoms with Gasteiger partial charge < -0.3 is 10.1 Å². The molecule has 0 aromatic heterocycles. The van der Waals surface area contributed by atoms with Gasteiger partial charge in [-0.3, -0.25) is 4.79 Å². The summed E-state index contributed by atoms with van der Waals surface area (Å²) < 4.78 is 5.49. The second kappa shape index (κ2) is 6.84. The minimum absolute atomic E-state index is 0.00358. The van der Waals surface area contributed by atoms with Gasteiger partial charge in [-0.25, -0.2) is 0 Å². The SMILES string of the molecule is O=C(COc1cccc(Cl)c1)N[C@H](c1ccccc1)C1CC1. The van der Waals surface area contributed by atoms with Gasteiger partial charge in [0.1, 0.15) is 5.75 Å². The van der Waals surface area contributed by atoms with Crippen molar-refractivity contribution >= 4 is 17.5 Å². The van der Waals surface area contributed by atoms with Gasteiger partial charge in [-0.05, 0) is 42.5 Å². The molecule has 3 rings (SSSR count). The number of carbonyl (C=O) groups is 1. The molecule has 1 amide bonds. The number of hydrogen-bond acceptors (Lipinski definition) is 2. The van der Waals surface area contributed by atoms with E-state index in [1.54, 1.807) is 24.3 Å². The zero-order valence-electron chi connectivity index (χ0n) is 12.2. The van der Waals surface area contributed by atoms with Crippen LogP contribution in [-0.2, 0) is 4.79 Å². The predicted molar refractivity (Wildman–Crippen MR) is 87.0 cm³/mol. The Labute approximate surface area is 135 Å². The topological polar surface area (TPSA) is 38.3 Å². The van der Waals surface area contributed by atoms with E-state index in [1.807, 2.05) is 18.2 Å². The summed E-state index contributed by atoms with van der Waals surface area (Å²) in [6.07, 6.45) is 2.32. The highest BCUT2D eigenvalue weighted by atomic mass is 35.5. The van der Waals surface area contributed by atoms with Crippen molar-refractivity contribution < 1.29 is 9.53 Å². The molecule has 0 aliphatic heterocycles. The van der Waals surface area contributed by atoms with Gasteiger partial charge in [-0.1, -0.05) is 48.0 Å². The molecule has 0 spiro atoms. The molecule has 1 fully saturated rings. The first-order valence-electron chi connectivity index (χ1n) is 7.45. The molecule has 2 aromatic carbocycles. The van der Waals surface area contributed by atoms with E-state index in [9.17, 15) is 4.79 Å². The molecule has 0 unspecified atom stereocenters. The van der Waals surface area contributed by atoms with E-state index in [0.29, 0.717) is 16.7 Å². The highest BCUT2D eigenvalue weighted by Crippen LogP contribution is 2.40. The van der Waals surface area contributed by atoms with Crippen LogP contribution in [0.15, 0.2) is 54.6 Å². The molecule has 0 radical (unpaired) electrons. The Hall–Kier alpha value is -2.00. The summed E-state index contributed by atoms with van der Waals surface area (Å²) in [4.78, 5) is 12.1. The molecule has 0 bridgehead atoms. The molecular weight excluding hydrogens is 298 g/mol. The van der Waals surface area contributed by atoms with E-state index >= 15 is 0 Å². The first kappa shape index (κ1) is 14.9. The minimum Gasteiger partial charge on any atom is -0.484 e. The van der Waals surface area contributed by atoms with Crippen LogP contribution in [0, 0.1) is 5.92 Å². The minimum atomic E-state index is -0.110. The van der Waals surface area contributed by atoms with Gasteiger partial charge in [0.25, 0.3) is 5.91 Å². The van der Waals surface area contributed by atoms with Gasteiger partial charge in [-0.2, -0.15) is 0 Å². The average molecular weight is 316 g/mol. The van der Waals surface area contributed by atoms with Crippen LogP contribution in [0.5, 0.6) is 5.75 Å². The molecule has 2 aromatic rings. The van der Waals surface area contributed by atoms with Crippen LogP contribution in [0.2, 0.25) is 5.02 Å². The summed E-state index contributed by atoms with van der Waals surface area (Å²) in [5.41, 5.74) is 1.15. The van der Waals surface area contributed by atoms with Crippen LogP contribution >= 0.6 is 11.6 Å². The number of carbonyl (C=O) groups excluding carboxylic acids is 1. The summed E-state index contributed by atoms with van der Waals surface area (Å²) in [7, 11) is 0. The number of rotatable bonds is 6. The fraction of sp³-hybridized carbons (Fsp3) is 0.278. The van der Waals surface area contributed by atoms with E-state index in [0.717, 1.165) is 18.4 Å². The number of halogens is 1. The largest absolute Gasteiger partial charge is 0.484 e. The number of ether oxygens (including phenoxy) is 1. The smallest absolute Gasteiger partial charge is 0.258 e. The van der Waals surface area contributed by atoms with Crippen molar-refractivity contribution in [3.05, 3.63) is 65.2 Å². The molecule has 1 saturated carbocycles. The van der Waals surface area contributed by atoms with Crippen molar-refractivity contribution in [3.8, 4) is 5.75 Å². The van der Waals surface area contributed by atoms with Crippen molar-refractivity contribution in [2.75, 3.05) is 6.61 Å². The first-order chi connectivity index (χ1) is 10.7. The van der Waals surface area contributed by atoms with Gasteiger partial charge in [-0.15, -0.1) is 0 Å². The zero-order valence-corrected chi connectivity index (χ0v) is 12.9. The van der Waals surface area contributed by atoms with Gasteiger partial charge >= 0.3 is 0 Å². The summed E-state index contributed by atoms with van der Waals surface area (Å²) >= 11 is 5.89. The maximum Gasteiger partial charge on any atom is 0.258 e. The van der Waals surface area contributed by atoms with Crippen molar-refractivity contribution in [2.24, 2.45) is 5.92 Å². The second-order valence-corrected chi connectivity index (χ2v) is 5.98. The zero-order chi connectivity index (χ0) is 15.4. The lowest BCUT2D eigenvalue weighted by molar-refractivity contribution is -0.124. The maximum absolute atomic E-state index is 12.1. The monoisotopic (exact) mass is 315 g/mol. The molecule has 0 saturated heterocycles. The first-order valence-corrected chi connectivity index (χ1v) is 7.83. The van der Waals surface area contributed by atoms with Crippen molar-refractivity contribution in [1.82, 2.24) is 5.32 Å². The predicted octanol–water partition coefficient (Wildman–Crippen LogP) is 3.99. The summed E-state index contributed by atoms with van der Waals surface area (Å²) in [6.45, 7) is -0.00358. The third-order valence-electron chi connectivity index (χ3n) is 3.73. The van der Waals surface area contributed by atoms with E-state index in [2.05, 4.69) is 17.4 Å². The molecule has 4 heteroatoms. The second-order valence-electron chi connectivity index (χ2n) is 5.54. The van der Waals surface area contributed by atoms with Crippen LogP contribution < -0.4 is 10.1 Å². The lowest BCUT2D eigenvalue weighted by Crippen LogP contribution is -2.33. The van der Waals surface area contributed by atoms with Gasteiger partial charge in [0.15, 0.2) is 6.61 Å². The fourth-order valence-corrected chi connectivity index (χ4v) is 2.66. The van der Waals surface area contributed by atoms with Gasteiger partial charge in [0.2, 0.25) is 0 Å². The fourth-order valence-electron chi connectivity index (χ4n) is 2.48. The Bertz CT molecular complexity index is 641. The van der Waals surface area contributed by atoms with Crippen molar-refractivity contribution in [1.29, 1.82) is 0 Å². The normalized spacial score (nSPS) is 15.1. The maximum atomic E-state index is 12.1. The number of nitrogens with one attached hydrogen (secondary N) is 1. The molecule has 3 nitrogen and oxygen atoms in total. The van der Waals surface area contributed by atoms with Crippen molar-refractivity contribution in [2.45, 2.75) is 18.9 Å². The summed E-state index contributed by atoms with van der Waals surface area (Å²) in [6, 6.07) is 17.2. The Kier molecular flexibility index (Phi) is 4.64. The lowest BCUT2D eigenvalue weighted by Gasteiger charge is -2.19. The van der Waals surface area contributed by atoms with Crippen LogP contribution in [0.1, 0.15) is 24.4 Å². The lowest BCUT2D eigenvalue weighted by atomic mass is 10.0. The molecule has 1 aliphatic rings. The number of hydrogen-bond donors (Lipinski definition) is 1. The molecule has 114 valence electrons. The molecule has 0 heterocycles. The van der Waals surface area contributed by atoms with Gasteiger partial charge in [0.05, 0.1) is 6.04 Å².